The second kappa shape index (κ2) is 9.10. The topological polar surface area (TPSA) is 81.9 Å². The average Bonchev–Trinajstić information content (AvgIpc) is 3.19. The van der Waals surface area contributed by atoms with E-state index >= 15 is 0 Å². The highest BCUT2D eigenvalue weighted by Crippen LogP contribution is 2.42. The van der Waals surface area contributed by atoms with Crippen molar-refractivity contribution in [2.24, 2.45) is 5.92 Å². The average molecular weight is 477 g/mol. The Morgan fingerprint density at radius 3 is 2.59 bits per heavy atom. The summed E-state index contributed by atoms with van der Waals surface area (Å²) in [5.74, 6) is 0.724. The second-order valence-electron chi connectivity index (χ2n) is 7.72. The van der Waals surface area contributed by atoms with Gasteiger partial charge >= 0.3 is 0 Å². The van der Waals surface area contributed by atoms with Crippen LogP contribution in [-0.4, -0.2) is 22.4 Å². The smallest absolute Gasteiger partial charge is 0.249 e. The van der Waals surface area contributed by atoms with E-state index in [9.17, 15) is 10.1 Å². The number of amides is 1. The zero-order chi connectivity index (χ0) is 21.0. The zero-order valence-electron chi connectivity index (χ0n) is 16.5. The summed E-state index contributed by atoms with van der Waals surface area (Å²) in [6.45, 7) is 4.66. The molecule has 0 aliphatic heterocycles. The highest BCUT2D eigenvalue weighted by atomic mass is 79.9. The Morgan fingerprint density at radius 2 is 2.00 bits per heavy atom. The Labute approximate surface area is 184 Å². The highest BCUT2D eigenvalue weighted by molar-refractivity contribution is 9.10. The van der Waals surface area contributed by atoms with Crippen LogP contribution < -0.4 is 10.4 Å². The highest BCUT2D eigenvalue weighted by Gasteiger charge is 2.43. The van der Waals surface area contributed by atoms with E-state index in [1.54, 1.807) is 5.01 Å². The van der Waals surface area contributed by atoms with Gasteiger partial charge in [0, 0.05) is 17.8 Å². The van der Waals surface area contributed by atoms with Crippen molar-refractivity contribution in [3.05, 3.63) is 51.3 Å². The van der Waals surface area contributed by atoms with Gasteiger partial charge in [-0.2, -0.15) is 10.2 Å². The summed E-state index contributed by atoms with van der Waals surface area (Å²) in [5.41, 5.74) is 3.46. The molecule has 1 aromatic carbocycles. The molecule has 1 fully saturated rings. The molecule has 0 atom stereocenters. The van der Waals surface area contributed by atoms with E-state index in [0.29, 0.717) is 21.9 Å². The lowest BCUT2D eigenvalue weighted by atomic mass is 9.78. The van der Waals surface area contributed by atoms with Crippen LogP contribution in [0.5, 0.6) is 0 Å². The molecule has 6 nitrogen and oxygen atoms in total. The molecule has 1 saturated carbocycles. The number of nitriles is 1. The van der Waals surface area contributed by atoms with Crippen LogP contribution in [0.25, 0.3) is 0 Å². The van der Waals surface area contributed by atoms with Gasteiger partial charge in [0.1, 0.15) is 6.07 Å². The van der Waals surface area contributed by atoms with Crippen LogP contribution in [0.3, 0.4) is 0 Å². The Bertz CT molecular complexity index is 920. The lowest BCUT2D eigenvalue weighted by molar-refractivity contribution is -0.126. The number of hydrogen-bond acceptors (Lipinski definition) is 5. The van der Waals surface area contributed by atoms with Crippen molar-refractivity contribution in [1.29, 1.82) is 5.26 Å². The molecule has 8 heteroatoms. The summed E-state index contributed by atoms with van der Waals surface area (Å²) >= 11 is 9.50. The lowest BCUT2D eigenvalue weighted by Gasteiger charge is -2.34. The predicted molar refractivity (Wildman–Crippen MR) is 116 cm³/mol. The lowest BCUT2D eigenvalue weighted by Crippen LogP contribution is -2.52. The maximum absolute atomic E-state index is 13.6. The first-order valence-corrected chi connectivity index (χ1v) is 10.8. The Hall–Kier alpha value is -2.17. The number of anilines is 1. The first kappa shape index (κ1) is 21.5. The van der Waals surface area contributed by atoms with Gasteiger partial charge in [0.05, 0.1) is 9.89 Å². The van der Waals surface area contributed by atoms with Crippen molar-refractivity contribution in [2.45, 2.75) is 44.9 Å². The summed E-state index contributed by atoms with van der Waals surface area (Å²) in [6.07, 6.45) is 5.09. The van der Waals surface area contributed by atoms with Gasteiger partial charge in [-0.1, -0.05) is 50.4 Å². The van der Waals surface area contributed by atoms with E-state index in [4.69, 9.17) is 11.6 Å². The minimum absolute atomic E-state index is 0.0551. The van der Waals surface area contributed by atoms with Gasteiger partial charge in [0.15, 0.2) is 5.82 Å². The first-order valence-electron chi connectivity index (χ1n) is 9.63. The molecular formula is C21H23BrClN5O. The molecule has 2 aromatic rings. The number of rotatable bonds is 6. The summed E-state index contributed by atoms with van der Waals surface area (Å²) in [6, 6.07) is 9.49. The van der Waals surface area contributed by atoms with Gasteiger partial charge in [-0.05, 0) is 52.4 Å². The molecule has 1 aliphatic carbocycles. The minimum Gasteiger partial charge on any atom is -0.272 e. The third-order valence-electron chi connectivity index (χ3n) is 5.15. The van der Waals surface area contributed by atoms with Gasteiger partial charge in [-0.15, -0.1) is 0 Å². The number of nitrogens with one attached hydrogen (secondary N) is 1. The van der Waals surface area contributed by atoms with Crippen molar-refractivity contribution >= 4 is 39.3 Å². The van der Waals surface area contributed by atoms with Crippen LogP contribution >= 0.6 is 27.5 Å². The monoisotopic (exact) mass is 475 g/mol. The van der Waals surface area contributed by atoms with E-state index in [0.717, 1.165) is 31.2 Å². The summed E-state index contributed by atoms with van der Waals surface area (Å²) in [7, 11) is 0. The van der Waals surface area contributed by atoms with Crippen molar-refractivity contribution in [3.63, 3.8) is 0 Å². The number of hydrazine groups is 1. The molecule has 29 heavy (non-hydrogen) atoms. The second-order valence-corrected chi connectivity index (χ2v) is 9.01. The summed E-state index contributed by atoms with van der Waals surface area (Å²) < 4.78 is 0.615. The van der Waals surface area contributed by atoms with Crippen molar-refractivity contribution in [1.82, 2.24) is 15.4 Å². The van der Waals surface area contributed by atoms with E-state index < -0.39 is 5.41 Å². The van der Waals surface area contributed by atoms with Crippen molar-refractivity contribution < 1.29 is 4.79 Å². The van der Waals surface area contributed by atoms with Crippen molar-refractivity contribution in [3.8, 4) is 6.07 Å². The molecule has 3 rings (SSSR count). The molecular weight excluding hydrogens is 454 g/mol. The van der Waals surface area contributed by atoms with Crippen molar-refractivity contribution in [2.75, 3.05) is 11.6 Å². The Balaban J connectivity index is 1.95. The molecule has 1 heterocycles. The van der Waals surface area contributed by atoms with E-state index in [1.807, 2.05) is 30.3 Å². The molecule has 0 spiro atoms. The van der Waals surface area contributed by atoms with Crippen LogP contribution in [0.1, 0.15) is 50.9 Å². The fraction of sp³-hybridized carbons (Fsp3) is 0.429. The maximum atomic E-state index is 13.6. The SMILES string of the molecule is CC(C)CN(NC(=O)C1(c2ccc(Cl)cc2)CCCC1)c1nc(C#N)ncc1Br. The molecule has 152 valence electrons. The summed E-state index contributed by atoms with van der Waals surface area (Å²) in [4.78, 5) is 21.9. The van der Waals surface area contributed by atoms with E-state index in [1.165, 1.54) is 6.20 Å². The molecule has 1 amide bonds. The predicted octanol–water partition coefficient (Wildman–Crippen LogP) is 4.77. The molecule has 1 N–H and O–H groups in total. The van der Waals surface area contributed by atoms with Gasteiger partial charge < -0.3 is 0 Å². The molecule has 1 aliphatic rings. The van der Waals surface area contributed by atoms with Crippen LogP contribution in [-0.2, 0) is 10.2 Å². The Morgan fingerprint density at radius 1 is 1.34 bits per heavy atom. The number of benzene rings is 1. The maximum Gasteiger partial charge on any atom is 0.249 e. The molecule has 0 radical (unpaired) electrons. The van der Waals surface area contributed by atoms with Crippen LogP contribution in [0.15, 0.2) is 34.9 Å². The zero-order valence-corrected chi connectivity index (χ0v) is 18.8. The van der Waals surface area contributed by atoms with Crippen LogP contribution in [0.4, 0.5) is 5.82 Å². The molecule has 0 saturated heterocycles. The number of nitrogens with zero attached hydrogens (tertiary/aromatic N) is 4. The van der Waals surface area contributed by atoms with Gasteiger partial charge in [0.2, 0.25) is 11.7 Å². The largest absolute Gasteiger partial charge is 0.272 e. The van der Waals surface area contributed by atoms with Gasteiger partial charge in [-0.25, -0.2) is 4.98 Å². The van der Waals surface area contributed by atoms with Crippen LogP contribution in [0, 0.1) is 17.2 Å². The quantitative estimate of drug-likeness (QED) is 0.607. The molecule has 0 bridgehead atoms. The minimum atomic E-state index is -0.600. The third kappa shape index (κ3) is 4.71. The number of carbonyl (C=O) groups is 1. The fourth-order valence-corrected chi connectivity index (χ4v) is 4.31. The first-order chi connectivity index (χ1) is 13.9. The number of carbonyl (C=O) groups excluding carboxylic acids is 1. The Kier molecular flexibility index (Phi) is 6.76. The van der Waals surface area contributed by atoms with Crippen LogP contribution in [0.2, 0.25) is 5.02 Å². The standard InChI is InChI=1S/C21H23BrClN5O/c1-14(2)13-28(19-17(22)12-25-18(11-24)26-19)27-20(29)21(9-3-4-10-21)15-5-7-16(23)8-6-15/h5-8,12,14H,3-4,9-10,13H2,1-2H3,(H,27,29). The van der Waals surface area contributed by atoms with E-state index in [-0.39, 0.29) is 17.6 Å². The normalized spacial score (nSPS) is 15.2. The van der Waals surface area contributed by atoms with Gasteiger partial charge in [0.25, 0.3) is 0 Å². The number of halogens is 2. The summed E-state index contributed by atoms with van der Waals surface area (Å²) in [5, 5.41) is 11.5. The number of aromatic nitrogens is 2. The molecule has 1 aromatic heterocycles. The fourth-order valence-electron chi connectivity index (χ4n) is 3.78. The number of hydrogen-bond donors (Lipinski definition) is 1. The molecule has 0 unspecified atom stereocenters. The van der Waals surface area contributed by atoms with E-state index in [2.05, 4.69) is 45.2 Å². The van der Waals surface area contributed by atoms with Gasteiger partial charge in [-0.3, -0.25) is 15.2 Å². The third-order valence-corrected chi connectivity index (χ3v) is 5.97.